The first-order chi connectivity index (χ1) is 6.58. The second-order valence-corrected chi connectivity index (χ2v) is 5.67. The summed E-state index contributed by atoms with van der Waals surface area (Å²) in [6, 6.07) is 2.35. The highest BCUT2D eigenvalue weighted by Gasteiger charge is 2.46. The first-order valence-electron chi connectivity index (χ1n) is 5.70. The Balaban J connectivity index is 1.95. The molecule has 0 N–H and O–H groups in total. The van der Waals surface area contributed by atoms with E-state index in [1.54, 1.807) is 0 Å². The normalized spacial score (nSPS) is 28.6. The van der Waals surface area contributed by atoms with Crippen molar-refractivity contribution in [1.82, 2.24) is 4.90 Å². The van der Waals surface area contributed by atoms with Crippen molar-refractivity contribution in [2.24, 2.45) is 5.41 Å². The Hall–Kier alpha value is -0.550. The van der Waals surface area contributed by atoms with Gasteiger partial charge in [0.15, 0.2) is 0 Å². The summed E-state index contributed by atoms with van der Waals surface area (Å²) in [7, 11) is 0. The van der Waals surface area contributed by atoms with Gasteiger partial charge < -0.3 is 0 Å². The number of nitriles is 1. The van der Waals surface area contributed by atoms with Gasteiger partial charge in [0.1, 0.15) is 0 Å². The van der Waals surface area contributed by atoms with Gasteiger partial charge in [0.05, 0.1) is 6.07 Å². The minimum absolute atomic E-state index is 0.380. The number of likely N-dealkylation sites (tertiary alicyclic amines) is 1. The van der Waals surface area contributed by atoms with E-state index in [-0.39, 0.29) is 0 Å². The smallest absolute Gasteiger partial charge is 0.0628 e. The molecule has 0 aromatic carbocycles. The second-order valence-electron chi connectivity index (χ2n) is 5.67. The fourth-order valence-corrected chi connectivity index (χ4v) is 2.60. The molecular formula is C12H20N2. The lowest BCUT2D eigenvalue weighted by molar-refractivity contribution is 0.141. The number of hydrogen-bond donors (Lipinski definition) is 0. The summed E-state index contributed by atoms with van der Waals surface area (Å²) in [6.07, 6.45) is 5.95. The molecule has 0 atom stereocenters. The molecule has 2 nitrogen and oxygen atoms in total. The molecule has 0 aromatic rings. The molecule has 1 heterocycles. The maximum absolute atomic E-state index is 8.78. The van der Waals surface area contributed by atoms with Crippen LogP contribution in [-0.2, 0) is 0 Å². The Morgan fingerprint density at radius 3 is 2.43 bits per heavy atom. The third-order valence-corrected chi connectivity index (χ3v) is 4.01. The van der Waals surface area contributed by atoms with Crippen LogP contribution in [0.1, 0.15) is 46.0 Å². The van der Waals surface area contributed by atoms with Crippen LogP contribution < -0.4 is 0 Å². The molecule has 14 heavy (non-hydrogen) atoms. The highest BCUT2D eigenvalue weighted by Crippen LogP contribution is 2.50. The third-order valence-electron chi connectivity index (χ3n) is 4.01. The minimum atomic E-state index is 0.380. The molecule has 2 rings (SSSR count). The molecule has 0 amide bonds. The largest absolute Gasteiger partial charge is 0.298 e. The van der Waals surface area contributed by atoms with Crippen molar-refractivity contribution < 1.29 is 0 Å². The van der Waals surface area contributed by atoms with Gasteiger partial charge in [-0.3, -0.25) is 4.90 Å². The van der Waals surface area contributed by atoms with Crippen molar-refractivity contribution >= 4 is 0 Å². The zero-order chi connectivity index (χ0) is 10.2. The summed E-state index contributed by atoms with van der Waals surface area (Å²) >= 11 is 0. The highest BCUT2D eigenvalue weighted by molar-refractivity contribution is 5.03. The molecule has 0 unspecified atom stereocenters. The van der Waals surface area contributed by atoms with Crippen LogP contribution in [0.25, 0.3) is 0 Å². The molecule has 0 radical (unpaired) electrons. The van der Waals surface area contributed by atoms with Crippen LogP contribution in [0.15, 0.2) is 0 Å². The zero-order valence-electron chi connectivity index (χ0n) is 9.34. The summed E-state index contributed by atoms with van der Waals surface area (Å²) in [5.41, 5.74) is 0.765. The molecule has 78 valence electrons. The molecule has 1 saturated carbocycles. The average molecular weight is 192 g/mol. The standard InChI is InChI=1S/C12H20N2/c1-11(2)4-3-9-14(11)10-12(5-6-12)7-8-13/h3-7,9-10H2,1-2H3. The van der Waals surface area contributed by atoms with Gasteiger partial charge in [0.25, 0.3) is 0 Å². The molecule has 1 aliphatic heterocycles. The SMILES string of the molecule is CC1(C)CCCN1CC1(CC#N)CC1. The van der Waals surface area contributed by atoms with E-state index < -0.39 is 0 Å². The molecule has 1 saturated heterocycles. The fourth-order valence-electron chi connectivity index (χ4n) is 2.60. The quantitative estimate of drug-likeness (QED) is 0.687. The van der Waals surface area contributed by atoms with Gasteiger partial charge in [-0.15, -0.1) is 0 Å². The first kappa shape index (κ1) is 9.98. The Morgan fingerprint density at radius 2 is 2.00 bits per heavy atom. The molecule has 1 aliphatic carbocycles. The highest BCUT2D eigenvalue weighted by atomic mass is 15.2. The van der Waals surface area contributed by atoms with Crippen LogP contribution in [-0.4, -0.2) is 23.5 Å². The van der Waals surface area contributed by atoms with Gasteiger partial charge in [-0.25, -0.2) is 0 Å². The van der Waals surface area contributed by atoms with Crippen LogP contribution in [0, 0.1) is 16.7 Å². The monoisotopic (exact) mass is 192 g/mol. The van der Waals surface area contributed by atoms with Crippen molar-refractivity contribution in [2.75, 3.05) is 13.1 Å². The fraction of sp³-hybridized carbons (Fsp3) is 0.917. The predicted octanol–water partition coefficient (Wildman–Crippen LogP) is 2.55. The van der Waals surface area contributed by atoms with E-state index >= 15 is 0 Å². The van der Waals surface area contributed by atoms with Gasteiger partial charge in [0.2, 0.25) is 0 Å². The van der Waals surface area contributed by atoms with Crippen molar-refractivity contribution in [2.45, 2.75) is 51.5 Å². The number of hydrogen-bond acceptors (Lipinski definition) is 2. The van der Waals surface area contributed by atoms with Crippen LogP contribution >= 0.6 is 0 Å². The maximum Gasteiger partial charge on any atom is 0.0628 e. The van der Waals surface area contributed by atoms with Crippen molar-refractivity contribution in [3.63, 3.8) is 0 Å². The molecular weight excluding hydrogens is 172 g/mol. The summed E-state index contributed by atoms with van der Waals surface area (Å²) < 4.78 is 0. The maximum atomic E-state index is 8.78. The van der Waals surface area contributed by atoms with Gasteiger partial charge in [-0.2, -0.15) is 5.26 Å². The van der Waals surface area contributed by atoms with E-state index in [9.17, 15) is 0 Å². The minimum Gasteiger partial charge on any atom is -0.298 e. The van der Waals surface area contributed by atoms with Gasteiger partial charge in [-0.05, 0) is 51.5 Å². The summed E-state index contributed by atoms with van der Waals surface area (Å²) in [5, 5.41) is 8.78. The molecule has 0 bridgehead atoms. The van der Waals surface area contributed by atoms with E-state index in [2.05, 4.69) is 24.8 Å². The lowest BCUT2D eigenvalue weighted by Gasteiger charge is -2.34. The summed E-state index contributed by atoms with van der Waals surface area (Å²) in [4.78, 5) is 2.59. The Morgan fingerprint density at radius 1 is 1.29 bits per heavy atom. The van der Waals surface area contributed by atoms with Crippen LogP contribution in [0.3, 0.4) is 0 Å². The Labute approximate surface area is 86.9 Å². The molecule has 2 heteroatoms. The van der Waals surface area contributed by atoms with Crippen molar-refractivity contribution in [3.8, 4) is 6.07 Å². The Kier molecular flexibility index (Phi) is 2.31. The van der Waals surface area contributed by atoms with Gasteiger partial charge >= 0.3 is 0 Å². The van der Waals surface area contributed by atoms with Gasteiger partial charge in [0, 0.05) is 18.5 Å². The van der Waals surface area contributed by atoms with Crippen molar-refractivity contribution in [3.05, 3.63) is 0 Å². The van der Waals surface area contributed by atoms with Crippen LogP contribution in [0.2, 0.25) is 0 Å². The Bertz CT molecular complexity index is 258. The van der Waals surface area contributed by atoms with E-state index in [4.69, 9.17) is 5.26 Å². The molecule has 2 aliphatic rings. The lowest BCUT2D eigenvalue weighted by Crippen LogP contribution is -2.41. The summed E-state index contributed by atoms with van der Waals surface area (Å²) in [6.45, 7) is 7.07. The van der Waals surface area contributed by atoms with Crippen LogP contribution in [0.4, 0.5) is 0 Å². The topological polar surface area (TPSA) is 27.0 Å². The average Bonchev–Trinajstić information content (AvgIpc) is 2.76. The van der Waals surface area contributed by atoms with E-state index in [1.807, 2.05) is 0 Å². The summed E-state index contributed by atoms with van der Waals surface area (Å²) in [5.74, 6) is 0. The van der Waals surface area contributed by atoms with Crippen LogP contribution in [0.5, 0.6) is 0 Å². The predicted molar refractivity (Wildman–Crippen MR) is 56.8 cm³/mol. The van der Waals surface area contributed by atoms with E-state index in [1.165, 1.54) is 32.2 Å². The van der Waals surface area contributed by atoms with Gasteiger partial charge in [-0.1, -0.05) is 0 Å². The van der Waals surface area contributed by atoms with Crippen molar-refractivity contribution in [1.29, 1.82) is 5.26 Å². The zero-order valence-corrected chi connectivity index (χ0v) is 9.34. The first-order valence-corrected chi connectivity index (χ1v) is 5.70. The lowest BCUT2D eigenvalue weighted by atomic mass is 9.98. The molecule has 2 fully saturated rings. The third kappa shape index (κ3) is 1.79. The van der Waals surface area contributed by atoms with E-state index in [0.29, 0.717) is 11.0 Å². The number of nitrogens with zero attached hydrogens (tertiary/aromatic N) is 2. The molecule has 0 aromatic heterocycles. The molecule has 0 spiro atoms. The van der Waals surface area contributed by atoms with E-state index in [0.717, 1.165) is 13.0 Å². The number of rotatable bonds is 3. The second kappa shape index (κ2) is 3.24.